The Bertz CT molecular complexity index is 412. The van der Waals surface area contributed by atoms with Gasteiger partial charge in [-0.25, -0.2) is 9.97 Å². The van der Waals surface area contributed by atoms with Crippen LogP contribution in [0.4, 0.5) is 5.95 Å². The van der Waals surface area contributed by atoms with Crippen LogP contribution in [0.25, 0.3) is 0 Å². The lowest BCUT2D eigenvalue weighted by Gasteiger charge is -2.26. The van der Waals surface area contributed by atoms with Crippen molar-refractivity contribution in [2.24, 2.45) is 0 Å². The molecule has 1 aliphatic heterocycles. The molecule has 2 heterocycles. The molecule has 104 valence electrons. The largest absolute Gasteiger partial charge is 0.350 e. The number of piperidine rings is 1. The monoisotopic (exact) mass is 262 g/mol. The van der Waals surface area contributed by atoms with Gasteiger partial charge < -0.3 is 10.2 Å². The van der Waals surface area contributed by atoms with Crippen molar-refractivity contribution >= 4 is 11.9 Å². The van der Waals surface area contributed by atoms with Crippen molar-refractivity contribution in [3.8, 4) is 0 Å². The molecule has 0 radical (unpaired) electrons. The Morgan fingerprint density at radius 3 is 2.53 bits per heavy atom. The zero-order valence-electron chi connectivity index (χ0n) is 11.7. The van der Waals surface area contributed by atoms with Crippen LogP contribution in [-0.2, 0) is 0 Å². The van der Waals surface area contributed by atoms with Gasteiger partial charge in [0.25, 0.3) is 5.91 Å². The zero-order valence-corrected chi connectivity index (χ0v) is 11.7. The zero-order chi connectivity index (χ0) is 13.7. The van der Waals surface area contributed by atoms with Crippen LogP contribution in [0.2, 0.25) is 0 Å². The SMILES string of the molecule is CCC(C)NC(=O)c1cnc(N2CCCCC2)nc1. The van der Waals surface area contributed by atoms with E-state index in [4.69, 9.17) is 0 Å². The topological polar surface area (TPSA) is 58.1 Å². The minimum Gasteiger partial charge on any atom is -0.350 e. The Labute approximate surface area is 114 Å². The molecule has 1 atom stereocenters. The number of hydrogen-bond acceptors (Lipinski definition) is 4. The predicted molar refractivity (Wildman–Crippen MR) is 75.3 cm³/mol. The van der Waals surface area contributed by atoms with Crippen LogP contribution in [0.5, 0.6) is 0 Å². The third-order valence-corrected chi connectivity index (χ3v) is 3.53. The third-order valence-electron chi connectivity index (χ3n) is 3.53. The van der Waals surface area contributed by atoms with E-state index in [9.17, 15) is 4.79 Å². The Morgan fingerprint density at radius 1 is 1.32 bits per heavy atom. The van der Waals surface area contributed by atoms with Gasteiger partial charge in [0.2, 0.25) is 5.95 Å². The van der Waals surface area contributed by atoms with Crippen molar-refractivity contribution in [2.45, 2.75) is 45.6 Å². The third kappa shape index (κ3) is 3.66. The molecule has 0 saturated carbocycles. The van der Waals surface area contributed by atoms with Crippen LogP contribution in [-0.4, -0.2) is 35.0 Å². The van der Waals surface area contributed by atoms with Gasteiger partial charge >= 0.3 is 0 Å². The molecule has 1 fully saturated rings. The lowest BCUT2D eigenvalue weighted by Crippen LogP contribution is -2.33. The second-order valence-corrected chi connectivity index (χ2v) is 5.10. The number of nitrogens with zero attached hydrogens (tertiary/aromatic N) is 3. The summed E-state index contributed by atoms with van der Waals surface area (Å²) in [5.41, 5.74) is 0.529. The summed E-state index contributed by atoms with van der Waals surface area (Å²) in [5.74, 6) is 0.638. The van der Waals surface area contributed by atoms with Gasteiger partial charge in [0, 0.05) is 31.5 Å². The van der Waals surface area contributed by atoms with Crippen molar-refractivity contribution in [1.29, 1.82) is 0 Å². The molecule has 1 aromatic heterocycles. The molecule has 1 aromatic rings. The summed E-state index contributed by atoms with van der Waals surface area (Å²) < 4.78 is 0. The number of carbonyl (C=O) groups is 1. The average molecular weight is 262 g/mol. The van der Waals surface area contributed by atoms with Crippen LogP contribution in [0.15, 0.2) is 12.4 Å². The van der Waals surface area contributed by atoms with E-state index in [2.05, 4.69) is 20.2 Å². The minimum absolute atomic E-state index is 0.0976. The summed E-state index contributed by atoms with van der Waals surface area (Å²) in [4.78, 5) is 22.7. The normalized spacial score (nSPS) is 17.1. The van der Waals surface area contributed by atoms with E-state index in [0.29, 0.717) is 5.56 Å². The maximum Gasteiger partial charge on any atom is 0.254 e. The molecular weight excluding hydrogens is 240 g/mol. The number of aromatic nitrogens is 2. The van der Waals surface area contributed by atoms with E-state index in [1.165, 1.54) is 19.3 Å². The molecular formula is C14H22N4O. The standard InChI is InChI=1S/C14H22N4O/c1-3-11(2)17-13(19)12-9-15-14(16-10-12)18-7-5-4-6-8-18/h9-11H,3-8H2,1-2H3,(H,17,19). The first-order chi connectivity index (χ1) is 9.20. The first-order valence-corrected chi connectivity index (χ1v) is 7.08. The Balaban J connectivity index is 1.99. The first kappa shape index (κ1) is 13.8. The smallest absolute Gasteiger partial charge is 0.254 e. The van der Waals surface area contributed by atoms with E-state index in [1.807, 2.05) is 13.8 Å². The quantitative estimate of drug-likeness (QED) is 0.901. The number of nitrogens with one attached hydrogen (secondary N) is 1. The van der Waals surface area contributed by atoms with Crippen LogP contribution in [0, 0.1) is 0 Å². The molecule has 19 heavy (non-hydrogen) atoms. The van der Waals surface area contributed by atoms with Gasteiger partial charge in [-0.15, -0.1) is 0 Å². The summed E-state index contributed by atoms with van der Waals surface area (Å²) in [6.07, 6.45) is 7.83. The second kappa shape index (κ2) is 6.50. The lowest BCUT2D eigenvalue weighted by atomic mass is 10.1. The maximum absolute atomic E-state index is 11.9. The fourth-order valence-electron chi connectivity index (χ4n) is 2.10. The number of rotatable bonds is 4. The van der Waals surface area contributed by atoms with Crippen LogP contribution < -0.4 is 10.2 Å². The molecule has 1 amide bonds. The van der Waals surface area contributed by atoms with Gasteiger partial charge in [0.15, 0.2) is 0 Å². The maximum atomic E-state index is 11.9. The summed E-state index contributed by atoms with van der Waals surface area (Å²) in [5, 5.41) is 2.91. The number of amides is 1. The van der Waals surface area contributed by atoms with Gasteiger partial charge in [0.1, 0.15) is 0 Å². The van der Waals surface area contributed by atoms with E-state index in [-0.39, 0.29) is 11.9 Å². The van der Waals surface area contributed by atoms with Gasteiger partial charge in [-0.3, -0.25) is 4.79 Å². The van der Waals surface area contributed by atoms with Gasteiger partial charge in [-0.1, -0.05) is 6.92 Å². The first-order valence-electron chi connectivity index (χ1n) is 7.08. The average Bonchev–Trinajstić information content (AvgIpc) is 2.48. The van der Waals surface area contributed by atoms with E-state index >= 15 is 0 Å². The lowest BCUT2D eigenvalue weighted by molar-refractivity contribution is 0.0938. The second-order valence-electron chi connectivity index (χ2n) is 5.10. The Morgan fingerprint density at radius 2 is 1.95 bits per heavy atom. The minimum atomic E-state index is -0.0976. The van der Waals surface area contributed by atoms with Crippen LogP contribution in [0.3, 0.4) is 0 Å². The summed E-state index contributed by atoms with van der Waals surface area (Å²) in [7, 11) is 0. The summed E-state index contributed by atoms with van der Waals surface area (Å²) >= 11 is 0. The molecule has 2 rings (SSSR count). The molecule has 1 N–H and O–H groups in total. The number of carbonyl (C=O) groups excluding carboxylic acids is 1. The number of anilines is 1. The highest BCUT2D eigenvalue weighted by molar-refractivity contribution is 5.93. The number of hydrogen-bond donors (Lipinski definition) is 1. The van der Waals surface area contributed by atoms with E-state index in [0.717, 1.165) is 25.5 Å². The molecule has 1 unspecified atom stereocenters. The highest BCUT2D eigenvalue weighted by atomic mass is 16.1. The predicted octanol–water partition coefficient (Wildman–Crippen LogP) is 2.00. The van der Waals surface area contributed by atoms with Crippen molar-refractivity contribution in [3.05, 3.63) is 18.0 Å². The molecule has 5 nitrogen and oxygen atoms in total. The molecule has 0 aromatic carbocycles. The Hall–Kier alpha value is -1.65. The fourth-order valence-corrected chi connectivity index (χ4v) is 2.10. The van der Waals surface area contributed by atoms with Crippen molar-refractivity contribution in [2.75, 3.05) is 18.0 Å². The highest BCUT2D eigenvalue weighted by Crippen LogP contribution is 2.14. The molecule has 1 saturated heterocycles. The van der Waals surface area contributed by atoms with Crippen LogP contribution >= 0.6 is 0 Å². The van der Waals surface area contributed by atoms with Gasteiger partial charge in [-0.05, 0) is 32.6 Å². The molecule has 5 heteroatoms. The van der Waals surface area contributed by atoms with E-state index < -0.39 is 0 Å². The van der Waals surface area contributed by atoms with Crippen molar-refractivity contribution < 1.29 is 4.79 Å². The van der Waals surface area contributed by atoms with E-state index in [1.54, 1.807) is 12.4 Å². The molecule has 0 aliphatic carbocycles. The van der Waals surface area contributed by atoms with Gasteiger partial charge in [-0.2, -0.15) is 0 Å². The molecule has 0 spiro atoms. The van der Waals surface area contributed by atoms with Gasteiger partial charge in [0.05, 0.1) is 5.56 Å². The van der Waals surface area contributed by atoms with Crippen molar-refractivity contribution in [3.63, 3.8) is 0 Å². The summed E-state index contributed by atoms with van der Waals surface area (Å²) in [6.45, 7) is 6.05. The highest BCUT2D eigenvalue weighted by Gasteiger charge is 2.14. The fraction of sp³-hybridized carbons (Fsp3) is 0.643. The molecule has 0 bridgehead atoms. The van der Waals surface area contributed by atoms with Crippen molar-refractivity contribution in [1.82, 2.24) is 15.3 Å². The Kier molecular flexibility index (Phi) is 4.71. The van der Waals surface area contributed by atoms with Crippen LogP contribution in [0.1, 0.15) is 49.9 Å². The molecule has 1 aliphatic rings. The summed E-state index contributed by atoms with van der Waals surface area (Å²) in [6, 6.07) is 0.175.